The summed E-state index contributed by atoms with van der Waals surface area (Å²) in [5, 5.41) is 2.89. The molecule has 0 saturated heterocycles. The molecule has 110 valence electrons. The van der Waals surface area contributed by atoms with E-state index in [9.17, 15) is 13.6 Å². The van der Waals surface area contributed by atoms with Crippen LogP contribution in [0.25, 0.3) is 0 Å². The second kappa shape index (κ2) is 6.17. The van der Waals surface area contributed by atoms with E-state index < -0.39 is 17.6 Å². The van der Waals surface area contributed by atoms with Gasteiger partial charge in [0.1, 0.15) is 5.82 Å². The minimum absolute atomic E-state index is 0.181. The van der Waals surface area contributed by atoms with Crippen molar-refractivity contribution in [3.63, 3.8) is 0 Å². The number of carbonyl (C=O) groups is 1. The fourth-order valence-electron chi connectivity index (χ4n) is 1.69. The average Bonchev–Trinajstić information content (AvgIpc) is 2.49. The van der Waals surface area contributed by atoms with Crippen LogP contribution in [-0.2, 0) is 11.3 Å². The zero-order valence-electron chi connectivity index (χ0n) is 11.2. The lowest BCUT2D eigenvalue weighted by Gasteiger charge is -2.09. The number of aromatic nitrogens is 1. The van der Waals surface area contributed by atoms with Gasteiger partial charge in [-0.2, -0.15) is 0 Å². The number of nitrogens with two attached hydrogens (primary N) is 1. The zero-order chi connectivity index (χ0) is 15.4. The van der Waals surface area contributed by atoms with Gasteiger partial charge in [-0.25, -0.2) is 18.6 Å². The molecule has 0 aliphatic rings. The van der Waals surface area contributed by atoms with E-state index in [0.29, 0.717) is 11.4 Å². The highest BCUT2D eigenvalue weighted by Crippen LogP contribution is 2.17. The number of anilines is 2. The zero-order valence-corrected chi connectivity index (χ0v) is 11.2. The van der Waals surface area contributed by atoms with Crippen LogP contribution in [0.5, 0.6) is 0 Å². The predicted molar refractivity (Wildman–Crippen MR) is 73.7 cm³/mol. The molecule has 2 rings (SSSR count). The van der Waals surface area contributed by atoms with Crippen molar-refractivity contribution in [2.75, 3.05) is 18.2 Å². The number of carbonyl (C=O) groups excluding carboxylic acids is 1. The molecule has 0 radical (unpaired) electrons. The van der Waals surface area contributed by atoms with E-state index in [2.05, 4.69) is 15.0 Å². The van der Waals surface area contributed by atoms with Crippen molar-refractivity contribution in [1.29, 1.82) is 0 Å². The summed E-state index contributed by atoms with van der Waals surface area (Å²) in [6.45, 7) is 0.217. The van der Waals surface area contributed by atoms with Gasteiger partial charge in [0.25, 0.3) is 0 Å². The van der Waals surface area contributed by atoms with Gasteiger partial charge < -0.3 is 15.8 Å². The Bertz CT molecular complexity index is 677. The fraction of sp³-hybridized carbons (Fsp3) is 0.143. The van der Waals surface area contributed by atoms with E-state index in [-0.39, 0.29) is 17.8 Å². The molecule has 0 amide bonds. The van der Waals surface area contributed by atoms with Crippen molar-refractivity contribution in [3.05, 3.63) is 53.2 Å². The number of nitrogen functional groups attached to an aromatic ring is 1. The Balaban J connectivity index is 2.13. The van der Waals surface area contributed by atoms with E-state index in [0.717, 1.165) is 12.1 Å². The molecule has 2 aromatic rings. The number of pyridine rings is 1. The Morgan fingerprint density at radius 2 is 2.10 bits per heavy atom. The van der Waals surface area contributed by atoms with Crippen LogP contribution >= 0.6 is 0 Å². The van der Waals surface area contributed by atoms with Gasteiger partial charge in [0, 0.05) is 6.54 Å². The van der Waals surface area contributed by atoms with Gasteiger partial charge in [-0.3, -0.25) is 0 Å². The smallest absolute Gasteiger partial charge is 0.340 e. The standard InChI is InChI=1S/C14H13F2N3O2/c1-21-14(20)9-5-13(19-7-12(9)17)18-6-8-2-3-10(15)11(16)4-8/h2-5,7H,6,17H2,1H3,(H,18,19). The summed E-state index contributed by atoms with van der Waals surface area (Å²) in [6, 6.07) is 5.01. The molecule has 0 aliphatic heterocycles. The molecule has 0 spiro atoms. The van der Waals surface area contributed by atoms with Crippen LogP contribution in [0.15, 0.2) is 30.5 Å². The van der Waals surface area contributed by atoms with Crippen LogP contribution in [-0.4, -0.2) is 18.1 Å². The van der Waals surface area contributed by atoms with Gasteiger partial charge in [0.05, 0.1) is 24.6 Å². The molecular weight excluding hydrogens is 280 g/mol. The normalized spacial score (nSPS) is 10.2. The summed E-state index contributed by atoms with van der Waals surface area (Å²) < 4.78 is 30.5. The van der Waals surface area contributed by atoms with Crippen molar-refractivity contribution in [1.82, 2.24) is 4.98 Å². The number of hydrogen-bond acceptors (Lipinski definition) is 5. The van der Waals surface area contributed by atoms with Crippen LogP contribution < -0.4 is 11.1 Å². The summed E-state index contributed by atoms with van der Waals surface area (Å²) in [4.78, 5) is 15.5. The number of benzene rings is 1. The van der Waals surface area contributed by atoms with Crippen molar-refractivity contribution >= 4 is 17.5 Å². The van der Waals surface area contributed by atoms with Gasteiger partial charge in [-0.1, -0.05) is 6.07 Å². The first kappa shape index (κ1) is 14.7. The number of halogens is 2. The van der Waals surface area contributed by atoms with E-state index in [1.54, 1.807) is 0 Å². The Hall–Kier alpha value is -2.70. The largest absolute Gasteiger partial charge is 0.465 e. The predicted octanol–water partition coefficient (Wildman–Crippen LogP) is 2.34. The second-order valence-electron chi connectivity index (χ2n) is 4.25. The molecule has 1 heterocycles. The molecule has 7 heteroatoms. The molecule has 0 aliphatic carbocycles. The van der Waals surface area contributed by atoms with Crippen molar-refractivity contribution in [2.24, 2.45) is 0 Å². The maximum absolute atomic E-state index is 13.1. The third-order valence-electron chi connectivity index (χ3n) is 2.80. The lowest BCUT2D eigenvalue weighted by molar-refractivity contribution is 0.0602. The number of ether oxygens (including phenoxy) is 1. The minimum atomic E-state index is -0.921. The van der Waals surface area contributed by atoms with Crippen molar-refractivity contribution in [2.45, 2.75) is 6.54 Å². The van der Waals surface area contributed by atoms with Crippen LogP contribution in [0.3, 0.4) is 0 Å². The first-order valence-corrected chi connectivity index (χ1v) is 6.03. The van der Waals surface area contributed by atoms with Crippen molar-refractivity contribution < 1.29 is 18.3 Å². The molecule has 0 unspecified atom stereocenters. The monoisotopic (exact) mass is 293 g/mol. The number of methoxy groups -OCH3 is 1. The van der Waals surface area contributed by atoms with E-state index in [1.165, 1.54) is 25.4 Å². The topological polar surface area (TPSA) is 77.2 Å². The first-order valence-electron chi connectivity index (χ1n) is 6.03. The van der Waals surface area contributed by atoms with Gasteiger partial charge in [-0.15, -0.1) is 0 Å². The summed E-state index contributed by atoms with van der Waals surface area (Å²) in [5.41, 5.74) is 6.54. The molecule has 1 aromatic carbocycles. The quantitative estimate of drug-likeness (QED) is 0.846. The number of hydrogen-bond donors (Lipinski definition) is 2. The van der Waals surface area contributed by atoms with Crippen LogP contribution in [0, 0.1) is 11.6 Å². The number of rotatable bonds is 4. The molecule has 3 N–H and O–H groups in total. The summed E-state index contributed by atoms with van der Waals surface area (Å²) in [6.07, 6.45) is 1.32. The van der Waals surface area contributed by atoms with Crippen LogP contribution in [0.1, 0.15) is 15.9 Å². The molecule has 21 heavy (non-hydrogen) atoms. The minimum Gasteiger partial charge on any atom is -0.465 e. The van der Waals surface area contributed by atoms with Crippen molar-refractivity contribution in [3.8, 4) is 0 Å². The Labute approximate surface area is 119 Å². The highest BCUT2D eigenvalue weighted by atomic mass is 19.2. The first-order chi connectivity index (χ1) is 10.0. The Morgan fingerprint density at radius 3 is 2.76 bits per heavy atom. The molecule has 5 nitrogen and oxygen atoms in total. The van der Waals surface area contributed by atoms with Gasteiger partial charge in [0.15, 0.2) is 11.6 Å². The molecule has 0 saturated carbocycles. The van der Waals surface area contributed by atoms with Gasteiger partial charge in [0.2, 0.25) is 0 Å². The number of nitrogens with zero attached hydrogens (tertiary/aromatic N) is 1. The molecule has 1 aromatic heterocycles. The third-order valence-corrected chi connectivity index (χ3v) is 2.80. The maximum atomic E-state index is 13.1. The number of nitrogens with one attached hydrogen (secondary N) is 1. The molecule has 0 bridgehead atoms. The van der Waals surface area contributed by atoms with Gasteiger partial charge >= 0.3 is 5.97 Å². The molecule has 0 atom stereocenters. The van der Waals surface area contributed by atoms with Crippen LogP contribution in [0.2, 0.25) is 0 Å². The summed E-state index contributed by atoms with van der Waals surface area (Å²) in [5.74, 6) is -2.03. The third kappa shape index (κ3) is 3.44. The SMILES string of the molecule is COC(=O)c1cc(NCc2ccc(F)c(F)c2)ncc1N. The maximum Gasteiger partial charge on any atom is 0.340 e. The number of esters is 1. The summed E-state index contributed by atoms with van der Waals surface area (Å²) in [7, 11) is 1.25. The van der Waals surface area contributed by atoms with Gasteiger partial charge in [-0.05, 0) is 23.8 Å². The summed E-state index contributed by atoms with van der Waals surface area (Å²) >= 11 is 0. The lowest BCUT2D eigenvalue weighted by atomic mass is 10.2. The molecule has 0 fully saturated rings. The fourth-order valence-corrected chi connectivity index (χ4v) is 1.69. The molecular formula is C14H13F2N3O2. The average molecular weight is 293 g/mol. The van der Waals surface area contributed by atoms with Crippen LogP contribution in [0.4, 0.5) is 20.3 Å². The Kier molecular flexibility index (Phi) is 4.32. The Morgan fingerprint density at radius 1 is 1.33 bits per heavy atom. The second-order valence-corrected chi connectivity index (χ2v) is 4.25. The van der Waals surface area contributed by atoms with E-state index in [4.69, 9.17) is 5.73 Å². The lowest BCUT2D eigenvalue weighted by Crippen LogP contribution is -2.09. The van der Waals surface area contributed by atoms with E-state index in [1.807, 2.05) is 0 Å². The van der Waals surface area contributed by atoms with E-state index >= 15 is 0 Å². The highest BCUT2D eigenvalue weighted by Gasteiger charge is 2.11. The highest BCUT2D eigenvalue weighted by molar-refractivity contribution is 5.95.